The highest BCUT2D eigenvalue weighted by Gasteiger charge is 2.36. The summed E-state index contributed by atoms with van der Waals surface area (Å²) in [6.45, 7) is 4.65. The van der Waals surface area contributed by atoms with Gasteiger partial charge in [-0.2, -0.15) is 0 Å². The number of hydrogen-bond donors (Lipinski definition) is 1. The Balaban J connectivity index is 1.61. The lowest BCUT2D eigenvalue weighted by atomic mass is 10.0. The zero-order valence-corrected chi connectivity index (χ0v) is 12.8. The van der Waals surface area contributed by atoms with Crippen LogP contribution in [-0.4, -0.2) is 49.1 Å². The normalized spacial score (nSPS) is 26.4. The third-order valence-electron chi connectivity index (χ3n) is 4.77. The number of hydrogen-bond acceptors (Lipinski definition) is 3. The lowest BCUT2D eigenvalue weighted by Gasteiger charge is -2.22. The van der Waals surface area contributed by atoms with Crippen molar-refractivity contribution in [1.29, 1.82) is 0 Å². The molecule has 3 rings (SSSR count). The molecule has 2 aliphatic rings. The van der Waals surface area contributed by atoms with E-state index in [1.54, 1.807) is 0 Å². The van der Waals surface area contributed by atoms with Gasteiger partial charge in [-0.25, -0.2) is 0 Å². The Hall–Kier alpha value is -0.900. The first-order valence-electron chi connectivity index (χ1n) is 7.93. The van der Waals surface area contributed by atoms with Crippen molar-refractivity contribution in [3.05, 3.63) is 35.4 Å². The van der Waals surface area contributed by atoms with E-state index in [9.17, 15) is 0 Å². The first-order valence-corrected chi connectivity index (χ1v) is 7.93. The molecule has 0 amide bonds. The number of nitrogens with one attached hydrogen (secondary N) is 1. The van der Waals surface area contributed by atoms with E-state index in [1.807, 2.05) is 0 Å². The molecule has 1 aromatic carbocycles. The third-order valence-corrected chi connectivity index (χ3v) is 4.77. The Labute approximate surface area is 123 Å². The van der Waals surface area contributed by atoms with E-state index in [4.69, 9.17) is 0 Å². The van der Waals surface area contributed by atoms with Crippen LogP contribution in [0.4, 0.5) is 0 Å². The summed E-state index contributed by atoms with van der Waals surface area (Å²) in [6, 6.07) is 10.3. The highest BCUT2D eigenvalue weighted by molar-refractivity contribution is 5.27. The highest BCUT2D eigenvalue weighted by Crippen LogP contribution is 2.28. The van der Waals surface area contributed by atoms with E-state index < -0.39 is 0 Å². The van der Waals surface area contributed by atoms with E-state index in [2.05, 4.69) is 53.5 Å². The van der Waals surface area contributed by atoms with Crippen LogP contribution in [0, 0.1) is 0 Å². The van der Waals surface area contributed by atoms with Crippen LogP contribution < -0.4 is 5.32 Å². The minimum Gasteiger partial charge on any atom is -0.308 e. The molecule has 0 aromatic heterocycles. The molecular weight excluding hydrogens is 246 g/mol. The van der Waals surface area contributed by atoms with Gasteiger partial charge in [0.25, 0.3) is 0 Å². The maximum Gasteiger partial charge on any atom is 0.0250 e. The van der Waals surface area contributed by atoms with E-state index in [0.29, 0.717) is 6.04 Å². The molecular formula is C17H27N3. The molecule has 0 bridgehead atoms. The fourth-order valence-corrected chi connectivity index (χ4v) is 3.79. The first-order chi connectivity index (χ1) is 9.74. The average Bonchev–Trinajstić information content (AvgIpc) is 3.00. The minimum absolute atomic E-state index is 0.699. The van der Waals surface area contributed by atoms with Crippen LogP contribution in [0.5, 0.6) is 0 Å². The van der Waals surface area contributed by atoms with Gasteiger partial charge in [0.05, 0.1) is 0 Å². The number of nitrogens with zero attached hydrogens (tertiary/aromatic N) is 2. The second-order valence-corrected chi connectivity index (χ2v) is 6.53. The predicted octanol–water partition coefficient (Wildman–Crippen LogP) is 2.07. The van der Waals surface area contributed by atoms with E-state index in [0.717, 1.165) is 19.1 Å². The van der Waals surface area contributed by atoms with Gasteiger partial charge in [0.15, 0.2) is 0 Å². The Morgan fingerprint density at radius 1 is 1.15 bits per heavy atom. The monoisotopic (exact) mass is 273 g/mol. The fraction of sp³-hybridized carbons (Fsp3) is 0.647. The Bertz CT molecular complexity index is 444. The zero-order valence-electron chi connectivity index (χ0n) is 12.8. The standard InChI is InChI=1S/C17H27N3/c1-19(2)13-15-7-4-3-6-14(15)12-18-16-9-11-20-10-5-8-17(16)20/h3-4,6-7,16-18H,5,8-13H2,1-2H3. The van der Waals surface area contributed by atoms with Crippen molar-refractivity contribution in [2.24, 2.45) is 0 Å². The summed E-state index contributed by atoms with van der Waals surface area (Å²) >= 11 is 0. The van der Waals surface area contributed by atoms with Crippen molar-refractivity contribution in [3.63, 3.8) is 0 Å². The van der Waals surface area contributed by atoms with Crippen LogP contribution in [0.25, 0.3) is 0 Å². The molecule has 2 unspecified atom stereocenters. The SMILES string of the molecule is CN(C)Cc1ccccc1CNC1CCN2CCCC12. The summed E-state index contributed by atoms with van der Waals surface area (Å²) in [5, 5.41) is 3.82. The Kier molecular flexibility index (Phi) is 4.39. The summed E-state index contributed by atoms with van der Waals surface area (Å²) in [5.74, 6) is 0. The second-order valence-electron chi connectivity index (χ2n) is 6.53. The fourth-order valence-electron chi connectivity index (χ4n) is 3.79. The van der Waals surface area contributed by atoms with Gasteiger partial charge in [0.1, 0.15) is 0 Å². The molecule has 1 N–H and O–H groups in total. The molecule has 0 radical (unpaired) electrons. The van der Waals surface area contributed by atoms with E-state index in [1.165, 1.54) is 43.5 Å². The van der Waals surface area contributed by atoms with Gasteiger partial charge in [0, 0.05) is 31.7 Å². The molecule has 2 saturated heterocycles. The van der Waals surface area contributed by atoms with Crippen LogP contribution in [0.1, 0.15) is 30.4 Å². The lowest BCUT2D eigenvalue weighted by Crippen LogP contribution is -2.38. The predicted molar refractivity (Wildman–Crippen MR) is 83.7 cm³/mol. The van der Waals surface area contributed by atoms with Gasteiger partial charge in [-0.3, -0.25) is 4.90 Å². The molecule has 0 spiro atoms. The minimum atomic E-state index is 0.699. The summed E-state index contributed by atoms with van der Waals surface area (Å²) < 4.78 is 0. The quantitative estimate of drug-likeness (QED) is 0.886. The molecule has 1 aromatic rings. The Morgan fingerprint density at radius 2 is 1.95 bits per heavy atom. The molecule has 3 heteroatoms. The van der Waals surface area contributed by atoms with Crippen LogP contribution in [0.2, 0.25) is 0 Å². The van der Waals surface area contributed by atoms with Crippen molar-refractivity contribution in [2.45, 2.75) is 44.4 Å². The number of fused-ring (bicyclic) bond motifs is 1. The van der Waals surface area contributed by atoms with Crippen LogP contribution in [-0.2, 0) is 13.1 Å². The van der Waals surface area contributed by atoms with Gasteiger partial charge in [0.2, 0.25) is 0 Å². The molecule has 2 aliphatic heterocycles. The maximum atomic E-state index is 3.82. The molecule has 0 aliphatic carbocycles. The van der Waals surface area contributed by atoms with Crippen molar-refractivity contribution >= 4 is 0 Å². The zero-order chi connectivity index (χ0) is 13.9. The third kappa shape index (κ3) is 3.05. The van der Waals surface area contributed by atoms with Crippen molar-refractivity contribution in [3.8, 4) is 0 Å². The topological polar surface area (TPSA) is 18.5 Å². The highest BCUT2D eigenvalue weighted by atomic mass is 15.2. The molecule has 110 valence electrons. The molecule has 2 heterocycles. The molecule has 2 fully saturated rings. The largest absolute Gasteiger partial charge is 0.308 e. The van der Waals surface area contributed by atoms with E-state index >= 15 is 0 Å². The van der Waals surface area contributed by atoms with Crippen LogP contribution in [0.3, 0.4) is 0 Å². The van der Waals surface area contributed by atoms with Gasteiger partial charge in [-0.1, -0.05) is 24.3 Å². The van der Waals surface area contributed by atoms with Crippen LogP contribution in [0.15, 0.2) is 24.3 Å². The molecule has 2 atom stereocenters. The van der Waals surface area contributed by atoms with Crippen molar-refractivity contribution in [1.82, 2.24) is 15.1 Å². The van der Waals surface area contributed by atoms with Crippen molar-refractivity contribution in [2.75, 3.05) is 27.2 Å². The van der Waals surface area contributed by atoms with Gasteiger partial charge in [-0.15, -0.1) is 0 Å². The molecule has 20 heavy (non-hydrogen) atoms. The number of benzene rings is 1. The van der Waals surface area contributed by atoms with Gasteiger partial charge >= 0.3 is 0 Å². The van der Waals surface area contributed by atoms with Crippen molar-refractivity contribution < 1.29 is 0 Å². The average molecular weight is 273 g/mol. The second kappa shape index (κ2) is 6.25. The van der Waals surface area contributed by atoms with E-state index in [-0.39, 0.29) is 0 Å². The first kappa shape index (κ1) is 14.1. The summed E-state index contributed by atoms with van der Waals surface area (Å²) in [5.41, 5.74) is 2.91. The number of rotatable bonds is 5. The molecule has 0 saturated carbocycles. The van der Waals surface area contributed by atoms with Crippen LogP contribution >= 0.6 is 0 Å². The molecule has 3 nitrogen and oxygen atoms in total. The summed E-state index contributed by atoms with van der Waals surface area (Å²) in [6.07, 6.45) is 4.09. The summed E-state index contributed by atoms with van der Waals surface area (Å²) in [4.78, 5) is 4.91. The Morgan fingerprint density at radius 3 is 2.75 bits per heavy atom. The smallest absolute Gasteiger partial charge is 0.0250 e. The van der Waals surface area contributed by atoms with Gasteiger partial charge < -0.3 is 10.2 Å². The van der Waals surface area contributed by atoms with Gasteiger partial charge in [-0.05, 0) is 51.0 Å². The summed E-state index contributed by atoms with van der Waals surface area (Å²) in [7, 11) is 4.27. The maximum absolute atomic E-state index is 3.82. The lowest BCUT2D eigenvalue weighted by molar-refractivity contribution is 0.298.